The molecule has 0 aliphatic carbocycles. The van der Waals surface area contributed by atoms with Crippen LogP contribution in [0.5, 0.6) is 0 Å². The van der Waals surface area contributed by atoms with E-state index in [0.29, 0.717) is 0 Å². The molecule has 0 aromatic heterocycles. The Morgan fingerprint density at radius 1 is 1.60 bits per heavy atom. The Hall–Kier alpha value is 0.270. The summed E-state index contributed by atoms with van der Waals surface area (Å²) in [5.41, 5.74) is 6.27. The van der Waals surface area contributed by atoms with Crippen LogP contribution in [0, 0.1) is 5.92 Å². The lowest BCUT2D eigenvalue weighted by Gasteiger charge is -2.39. The topological polar surface area (TPSA) is 29.3 Å². The van der Waals surface area contributed by atoms with Crippen LogP contribution in [0.15, 0.2) is 0 Å². The summed E-state index contributed by atoms with van der Waals surface area (Å²) < 4.78 is 0. The molecule has 0 saturated carbocycles. The van der Waals surface area contributed by atoms with Gasteiger partial charge in [-0.15, -0.1) is 0 Å². The van der Waals surface area contributed by atoms with E-state index in [1.54, 1.807) is 0 Å². The molecule has 1 rings (SSSR count). The van der Waals surface area contributed by atoms with Crippen LogP contribution in [-0.2, 0) is 0 Å². The molecule has 0 spiro atoms. The van der Waals surface area contributed by atoms with Gasteiger partial charge in [-0.3, -0.25) is 4.90 Å². The number of thioether (sulfide) groups is 1. The van der Waals surface area contributed by atoms with Gasteiger partial charge in [0.1, 0.15) is 0 Å². The normalized spacial score (nSPS) is 33.6. The first-order chi connectivity index (χ1) is 7.04. The van der Waals surface area contributed by atoms with Gasteiger partial charge in [-0.1, -0.05) is 27.2 Å². The van der Waals surface area contributed by atoms with Crippen molar-refractivity contribution < 1.29 is 0 Å². The highest BCUT2D eigenvalue weighted by Gasteiger charge is 2.40. The predicted molar refractivity (Wildman–Crippen MR) is 70.4 cm³/mol. The summed E-state index contributed by atoms with van der Waals surface area (Å²) in [4.78, 5) is 2.51. The fourth-order valence-electron chi connectivity index (χ4n) is 2.30. The van der Waals surface area contributed by atoms with Crippen LogP contribution in [-0.4, -0.2) is 41.6 Å². The molecule has 0 bridgehead atoms. The van der Waals surface area contributed by atoms with E-state index in [-0.39, 0.29) is 5.54 Å². The van der Waals surface area contributed by atoms with E-state index in [9.17, 15) is 0 Å². The van der Waals surface area contributed by atoms with E-state index in [0.717, 1.165) is 17.7 Å². The van der Waals surface area contributed by atoms with Crippen molar-refractivity contribution in [1.29, 1.82) is 0 Å². The molecule has 1 aliphatic heterocycles. The first-order valence-corrected chi connectivity index (χ1v) is 7.12. The van der Waals surface area contributed by atoms with Crippen LogP contribution in [0.4, 0.5) is 0 Å². The molecular weight excluding hydrogens is 204 g/mol. The maximum absolute atomic E-state index is 5.99. The molecule has 3 heteroatoms. The van der Waals surface area contributed by atoms with E-state index in [1.807, 2.05) is 0 Å². The highest BCUT2D eigenvalue weighted by molar-refractivity contribution is 8.00. The predicted octanol–water partition coefficient (Wildman–Crippen LogP) is 2.19. The minimum Gasteiger partial charge on any atom is -0.329 e. The molecule has 1 heterocycles. The standard InChI is InChI=1S/C12H26N2S/c1-5-10(2)7-14(4)12(8-13)6-11(3)15-9-12/h10-11H,5-9,13H2,1-4H3. The Bertz CT molecular complexity index is 198. The fraction of sp³-hybridized carbons (Fsp3) is 1.00. The minimum absolute atomic E-state index is 0.271. The van der Waals surface area contributed by atoms with Gasteiger partial charge in [-0.2, -0.15) is 11.8 Å². The van der Waals surface area contributed by atoms with Gasteiger partial charge in [0.15, 0.2) is 0 Å². The SMILES string of the molecule is CCC(C)CN(C)C1(CN)CSC(C)C1. The van der Waals surface area contributed by atoms with Crippen molar-refractivity contribution >= 4 is 11.8 Å². The summed E-state index contributed by atoms with van der Waals surface area (Å²) in [6.45, 7) is 8.89. The molecule has 3 atom stereocenters. The minimum atomic E-state index is 0.271. The number of rotatable bonds is 5. The summed E-state index contributed by atoms with van der Waals surface area (Å²) in [7, 11) is 2.25. The molecule has 1 aliphatic rings. The molecule has 1 saturated heterocycles. The van der Waals surface area contributed by atoms with Gasteiger partial charge in [0.25, 0.3) is 0 Å². The molecule has 90 valence electrons. The van der Waals surface area contributed by atoms with Crippen LogP contribution in [0.3, 0.4) is 0 Å². The average molecular weight is 230 g/mol. The Kier molecular flexibility index (Phi) is 4.94. The second-order valence-corrected chi connectivity index (χ2v) is 6.57. The number of nitrogens with two attached hydrogens (primary N) is 1. The molecule has 2 N–H and O–H groups in total. The zero-order valence-corrected chi connectivity index (χ0v) is 11.4. The van der Waals surface area contributed by atoms with E-state index in [2.05, 4.69) is 44.5 Å². The second kappa shape index (κ2) is 5.55. The van der Waals surface area contributed by atoms with Gasteiger partial charge >= 0.3 is 0 Å². The maximum Gasteiger partial charge on any atom is 0.0429 e. The summed E-state index contributed by atoms with van der Waals surface area (Å²) in [6, 6.07) is 0. The summed E-state index contributed by atoms with van der Waals surface area (Å²) in [5.74, 6) is 1.98. The molecule has 15 heavy (non-hydrogen) atoms. The second-order valence-electron chi connectivity index (χ2n) is 5.15. The lowest BCUT2D eigenvalue weighted by Crippen LogP contribution is -2.53. The van der Waals surface area contributed by atoms with Crippen molar-refractivity contribution in [1.82, 2.24) is 4.90 Å². The molecule has 0 amide bonds. The third-order valence-electron chi connectivity index (χ3n) is 3.78. The third-order valence-corrected chi connectivity index (χ3v) is 5.22. The molecule has 0 radical (unpaired) electrons. The van der Waals surface area contributed by atoms with Crippen molar-refractivity contribution in [3.05, 3.63) is 0 Å². The van der Waals surface area contributed by atoms with Crippen LogP contribution in [0.1, 0.15) is 33.6 Å². The van der Waals surface area contributed by atoms with E-state index >= 15 is 0 Å². The summed E-state index contributed by atoms with van der Waals surface area (Å²) >= 11 is 2.07. The van der Waals surface area contributed by atoms with E-state index < -0.39 is 0 Å². The van der Waals surface area contributed by atoms with Crippen molar-refractivity contribution in [3.63, 3.8) is 0 Å². The molecular formula is C12H26N2S. The van der Waals surface area contributed by atoms with Crippen LogP contribution in [0.25, 0.3) is 0 Å². The molecule has 0 aromatic carbocycles. The van der Waals surface area contributed by atoms with Gasteiger partial charge in [-0.05, 0) is 19.4 Å². The zero-order chi connectivity index (χ0) is 11.5. The highest BCUT2D eigenvalue weighted by atomic mass is 32.2. The Balaban J connectivity index is 2.57. The molecule has 1 fully saturated rings. The lowest BCUT2D eigenvalue weighted by atomic mass is 9.93. The van der Waals surface area contributed by atoms with Crippen molar-refractivity contribution in [3.8, 4) is 0 Å². The van der Waals surface area contributed by atoms with Crippen molar-refractivity contribution in [2.45, 2.75) is 44.4 Å². The van der Waals surface area contributed by atoms with Gasteiger partial charge in [0.2, 0.25) is 0 Å². The van der Waals surface area contributed by atoms with Crippen LogP contribution >= 0.6 is 11.8 Å². The Morgan fingerprint density at radius 2 is 2.27 bits per heavy atom. The first-order valence-electron chi connectivity index (χ1n) is 6.07. The van der Waals surface area contributed by atoms with Gasteiger partial charge < -0.3 is 5.73 Å². The van der Waals surface area contributed by atoms with Gasteiger partial charge in [0.05, 0.1) is 0 Å². The van der Waals surface area contributed by atoms with E-state index in [4.69, 9.17) is 5.73 Å². The van der Waals surface area contributed by atoms with Crippen LogP contribution < -0.4 is 5.73 Å². The van der Waals surface area contributed by atoms with Gasteiger partial charge in [-0.25, -0.2) is 0 Å². The quantitative estimate of drug-likeness (QED) is 0.785. The third kappa shape index (κ3) is 3.11. The number of hydrogen-bond donors (Lipinski definition) is 1. The molecule has 3 unspecified atom stereocenters. The Labute approximate surface area is 99.0 Å². The first kappa shape index (κ1) is 13.3. The number of nitrogens with zero attached hydrogens (tertiary/aromatic N) is 1. The summed E-state index contributed by atoms with van der Waals surface area (Å²) in [6.07, 6.45) is 2.51. The smallest absolute Gasteiger partial charge is 0.0429 e. The highest BCUT2D eigenvalue weighted by Crippen LogP contribution is 2.37. The van der Waals surface area contributed by atoms with Crippen molar-refractivity contribution in [2.75, 3.05) is 25.9 Å². The number of likely N-dealkylation sites (N-methyl/N-ethyl adjacent to an activating group) is 1. The Morgan fingerprint density at radius 3 is 2.67 bits per heavy atom. The number of hydrogen-bond acceptors (Lipinski definition) is 3. The zero-order valence-electron chi connectivity index (χ0n) is 10.6. The van der Waals surface area contributed by atoms with Gasteiger partial charge in [0, 0.05) is 29.6 Å². The lowest BCUT2D eigenvalue weighted by molar-refractivity contribution is 0.126. The fourth-order valence-corrected chi connectivity index (χ4v) is 3.78. The van der Waals surface area contributed by atoms with Crippen molar-refractivity contribution in [2.24, 2.45) is 11.7 Å². The maximum atomic E-state index is 5.99. The molecule has 0 aromatic rings. The molecule has 2 nitrogen and oxygen atoms in total. The monoisotopic (exact) mass is 230 g/mol. The summed E-state index contributed by atoms with van der Waals surface area (Å²) in [5, 5.41) is 0.771. The van der Waals surface area contributed by atoms with Crippen LogP contribution in [0.2, 0.25) is 0 Å². The average Bonchev–Trinajstić information content (AvgIpc) is 2.61. The van der Waals surface area contributed by atoms with E-state index in [1.165, 1.54) is 25.1 Å². The largest absolute Gasteiger partial charge is 0.329 e.